The number of hydrogen-bond acceptors (Lipinski definition) is 3. The van der Waals surface area contributed by atoms with Gasteiger partial charge in [0.15, 0.2) is 5.75 Å². The highest BCUT2D eigenvalue weighted by Gasteiger charge is 2.23. The molecule has 1 aliphatic heterocycles. The van der Waals surface area contributed by atoms with Gasteiger partial charge in [0.05, 0.1) is 5.69 Å². The maximum absolute atomic E-state index is 12.2. The van der Waals surface area contributed by atoms with Crippen LogP contribution >= 0.6 is 11.8 Å². The topological polar surface area (TPSA) is 38.3 Å². The van der Waals surface area contributed by atoms with E-state index in [0.717, 1.165) is 29.4 Å². The van der Waals surface area contributed by atoms with Gasteiger partial charge < -0.3 is 10.1 Å². The molecule has 0 radical (unpaired) electrons. The molecule has 108 valence electrons. The zero-order valence-corrected chi connectivity index (χ0v) is 12.4. The number of hydrogen-bond donors (Lipinski definition) is 1. The number of carbonyl (C=O) groups excluding carboxylic acids is 1. The van der Waals surface area contributed by atoms with Crippen molar-refractivity contribution in [2.45, 2.75) is 6.42 Å². The molecule has 1 unspecified atom stereocenters. The van der Waals surface area contributed by atoms with Crippen molar-refractivity contribution in [3.8, 4) is 11.5 Å². The third-order valence-electron chi connectivity index (χ3n) is 3.42. The average molecular weight is 299 g/mol. The molecule has 2 aromatic carbocycles. The highest BCUT2D eigenvalue weighted by Crippen LogP contribution is 2.31. The summed E-state index contributed by atoms with van der Waals surface area (Å²) in [5.74, 6) is 3.61. The van der Waals surface area contributed by atoms with Crippen molar-refractivity contribution in [3.05, 3.63) is 54.6 Å². The van der Waals surface area contributed by atoms with Gasteiger partial charge in [0.1, 0.15) is 5.75 Å². The van der Waals surface area contributed by atoms with Gasteiger partial charge in [0.25, 0.3) is 0 Å². The van der Waals surface area contributed by atoms with Crippen molar-refractivity contribution < 1.29 is 9.53 Å². The van der Waals surface area contributed by atoms with E-state index < -0.39 is 0 Å². The van der Waals surface area contributed by atoms with Gasteiger partial charge in [-0.15, -0.1) is 0 Å². The van der Waals surface area contributed by atoms with Crippen molar-refractivity contribution in [1.82, 2.24) is 0 Å². The molecule has 1 saturated heterocycles. The molecular weight excluding hydrogens is 282 g/mol. The molecule has 0 aliphatic carbocycles. The van der Waals surface area contributed by atoms with Gasteiger partial charge in [-0.3, -0.25) is 4.79 Å². The molecule has 3 nitrogen and oxygen atoms in total. The van der Waals surface area contributed by atoms with Crippen LogP contribution < -0.4 is 10.1 Å². The lowest BCUT2D eigenvalue weighted by Gasteiger charge is -2.14. The van der Waals surface area contributed by atoms with Crippen molar-refractivity contribution in [1.29, 1.82) is 0 Å². The van der Waals surface area contributed by atoms with Gasteiger partial charge in [0, 0.05) is 11.7 Å². The molecule has 1 N–H and O–H groups in total. The molecule has 0 bridgehead atoms. The summed E-state index contributed by atoms with van der Waals surface area (Å²) < 4.78 is 5.85. The summed E-state index contributed by atoms with van der Waals surface area (Å²) in [5, 5.41) is 3.00. The van der Waals surface area contributed by atoms with E-state index in [9.17, 15) is 4.79 Å². The Morgan fingerprint density at radius 2 is 1.86 bits per heavy atom. The highest BCUT2D eigenvalue weighted by molar-refractivity contribution is 7.99. The molecular formula is C17H17NO2S. The third kappa shape index (κ3) is 3.58. The number of benzene rings is 2. The van der Waals surface area contributed by atoms with Gasteiger partial charge in [0.2, 0.25) is 5.91 Å². The molecule has 1 heterocycles. The molecule has 3 rings (SSSR count). The second-order valence-electron chi connectivity index (χ2n) is 4.96. The van der Waals surface area contributed by atoms with Crippen LogP contribution in [0.15, 0.2) is 54.6 Å². The average Bonchev–Trinajstić information content (AvgIpc) is 3.05. The van der Waals surface area contributed by atoms with E-state index in [1.807, 2.05) is 66.4 Å². The van der Waals surface area contributed by atoms with Crippen LogP contribution in [0.2, 0.25) is 0 Å². The number of nitrogens with one attached hydrogen (secondary N) is 1. The summed E-state index contributed by atoms with van der Waals surface area (Å²) in [6.45, 7) is 0. The maximum Gasteiger partial charge on any atom is 0.228 e. The second-order valence-corrected chi connectivity index (χ2v) is 6.11. The van der Waals surface area contributed by atoms with Crippen LogP contribution in [0.3, 0.4) is 0 Å². The molecule has 0 saturated carbocycles. The summed E-state index contributed by atoms with van der Waals surface area (Å²) >= 11 is 1.84. The first-order valence-electron chi connectivity index (χ1n) is 7.03. The molecule has 0 spiro atoms. The lowest BCUT2D eigenvalue weighted by molar-refractivity contribution is -0.119. The van der Waals surface area contributed by atoms with Crippen molar-refractivity contribution in [2.75, 3.05) is 16.8 Å². The Hall–Kier alpha value is -1.94. The molecule has 4 heteroatoms. The third-order valence-corrected chi connectivity index (χ3v) is 4.58. The maximum atomic E-state index is 12.2. The number of rotatable bonds is 4. The van der Waals surface area contributed by atoms with Gasteiger partial charge in [-0.1, -0.05) is 30.3 Å². The first-order valence-corrected chi connectivity index (χ1v) is 8.19. The highest BCUT2D eigenvalue weighted by atomic mass is 32.2. The van der Waals surface area contributed by atoms with Crippen LogP contribution in [0.1, 0.15) is 6.42 Å². The molecule has 2 aromatic rings. The second kappa shape index (κ2) is 6.68. The summed E-state index contributed by atoms with van der Waals surface area (Å²) in [6, 6.07) is 17.1. The minimum atomic E-state index is 0.0871. The van der Waals surface area contributed by atoms with Crippen LogP contribution in [0.4, 0.5) is 5.69 Å². The van der Waals surface area contributed by atoms with E-state index in [2.05, 4.69) is 5.32 Å². The fourth-order valence-corrected chi connectivity index (χ4v) is 3.47. The molecule has 21 heavy (non-hydrogen) atoms. The summed E-state index contributed by atoms with van der Waals surface area (Å²) in [6.07, 6.45) is 0.957. The zero-order chi connectivity index (χ0) is 14.5. The largest absolute Gasteiger partial charge is 0.455 e. The summed E-state index contributed by atoms with van der Waals surface area (Å²) in [5.41, 5.74) is 0.725. The predicted octanol–water partition coefficient (Wildman–Crippen LogP) is 4.17. The zero-order valence-electron chi connectivity index (χ0n) is 11.6. The van der Waals surface area contributed by atoms with E-state index in [1.54, 1.807) is 0 Å². The van der Waals surface area contributed by atoms with Gasteiger partial charge >= 0.3 is 0 Å². The Bertz CT molecular complexity index is 609. The number of ether oxygens (including phenoxy) is 1. The first-order chi connectivity index (χ1) is 10.3. The molecule has 0 aromatic heterocycles. The van der Waals surface area contributed by atoms with Gasteiger partial charge in [-0.25, -0.2) is 0 Å². The predicted molar refractivity (Wildman–Crippen MR) is 87.0 cm³/mol. The Morgan fingerprint density at radius 1 is 1.10 bits per heavy atom. The van der Waals surface area contributed by atoms with Gasteiger partial charge in [-0.05, 0) is 36.4 Å². The first kappa shape index (κ1) is 14.0. The Morgan fingerprint density at radius 3 is 2.62 bits per heavy atom. The minimum absolute atomic E-state index is 0.0871. The van der Waals surface area contributed by atoms with E-state index in [-0.39, 0.29) is 11.8 Å². The van der Waals surface area contributed by atoms with Crippen molar-refractivity contribution >= 4 is 23.4 Å². The quantitative estimate of drug-likeness (QED) is 0.920. The smallest absolute Gasteiger partial charge is 0.228 e. The lowest BCUT2D eigenvalue weighted by atomic mass is 10.1. The van der Waals surface area contributed by atoms with Crippen LogP contribution in [0.5, 0.6) is 11.5 Å². The number of anilines is 1. The standard InChI is InChI=1S/C17H17NO2S/c19-17(13-10-11-21-12-13)18-15-8-4-5-9-16(15)20-14-6-2-1-3-7-14/h1-9,13H,10-12H2,(H,18,19). The SMILES string of the molecule is O=C(Nc1ccccc1Oc1ccccc1)C1CCSC1. The van der Waals surface area contributed by atoms with Crippen molar-refractivity contribution in [3.63, 3.8) is 0 Å². The van der Waals surface area contributed by atoms with Gasteiger partial charge in [-0.2, -0.15) is 11.8 Å². The molecule has 1 atom stereocenters. The van der Waals surface area contributed by atoms with E-state index in [0.29, 0.717) is 5.75 Å². The number of carbonyl (C=O) groups is 1. The minimum Gasteiger partial charge on any atom is -0.455 e. The number of para-hydroxylation sites is 3. The van der Waals surface area contributed by atoms with E-state index >= 15 is 0 Å². The molecule has 1 aliphatic rings. The molecule has 1 amide bonds. The number of amides is 1. The molecule has 1 fully saturated rings. The normalized spacial score (nSPS) is 17.4. The van der Waals surface area contributed by atoms with Crippen LogP contribution in [-0.2, 0) is 4.79 Å². The summed E-state index contributed by atoms with van der Waals surface area (Å²) in [4.78, 5) is 12.2. The van der Waals surface area contributed by atoms with E-state index in [1.165, 1.54) is 0 Å². The van der Waals surface area contributed by atoms with E-state index in [4.69, 9.17) is 4.74 Å². The number of thioether (sulfide) groups is 1. The van der Waals surface area contributed by atoms with Crippen molar-refractivity contribution in [2.24, 2.45) is 5.92 Å². The Balaban J connectivity index is 1.74. The van der Waals surface area contributed by atoms with Crippen LogP contribution in [0.25, 0.3) is 0 Å². The Labute approximate surface area is 128 Å². The fourth-order valence-electron chi connectivity index (χ4n) is 2.25. The summed E-state index contributed by atoms with van der Waals surface area (Å²) in [7, 11) is 0. The van der Waals surface area contributed by atoms with Crippen LogP contribution in [-0.4, -0.2) is 17.4 Å². The van der Waals surface area contributed by atoms with Crippen LogP contribution in [0, 0.1) is 5.92 Å². The Kier molecular flexibility index (Phi) is 4.46. The lowest BCUT2D eigenvalue weighted by Crippen LogP contribution is -2.22. The fraction of sp³-hybridized carbons (Fsp3) is 0.235. The monoisotopic (exact) mass is 299 g/mol.